The highest BCUT2D eigenvalue weighted by Gasteiger charge is 2.14. The van der Waals surface area contributed by atoms with Crippen molar-refractivity contribution in [3.63, 3.8) is 0 Å². The summed E-state index contributed by atoms with van der Waals surface area (Å²) in [4.78, 5) is 21.2. The van der Waals surface area contributed by atoms with Crippen LogP contribution in [0, 0.1) is 0 Å². The number of quaternary nitrogens is 1. The van der Waals surface area contributed by atoms with E-state index in [2.05, 4.69) is 9.97 Å². The predicted octanol–water partition coefficient (Wildman–Crippen LogP) is 1.27. The van der Waals surface area contributed by atoms with Crippen molar-refractivity contribution >= 4 is 10.9 Å². The molecule has 0 unspecified atom stereocenters. The highest BCUT2D eigenvalue weighted by Crippen LogP contribution is 2.06. The van der Waals surface area contributed by atoms with Gasteiger partial charge >= 0.3 is 0 Å². The summed E-state index contributed by atoms with van der Waals surface area (Å²) in [6.45, 7) is 3.22. The van der Waals surface area contributed by atoms with Crippen molar-refractivity contribution in [2.45, 2.75) is 38.6 Å². The first-order valence-corrected chi connectivity index (χ1v) is 7.64. The summed E-state index contributed by atoms with van der Waals surface area (Å²) in [6.07, 6.45) is 6.62. The first-order valence-electron chi connectivity index (χ1n) is 7.64. The lowest BCUT2D eigenvalue weighted by Crippen LogP contribution is -3.10. The van der Waals surface area contributed by atoms with Crippen LogP contribution >= 0.6 is 0 Å². The van der Waals surface area contributed by atoms with Crippen LogP contribution in [0.2, 0.25) is 0 Å². The Labute approximate surface area is 118 Å². The van der Waals surface area contributed by atoms with E-state index in [0.717, 1.165) is 17.9 Å². The molecule has 1 aliphatic rings. The van der Waals surface area contributed by atoms with E-state index in [1.807, 2.05) is 24.3 Å². The topological polar surface area (TPSA) is 50.2 Å². The zero-order valence-corrected chi connectivity index (χ0v) is 11.8. The molecule has 1 aliphatic heterocycles. The molecule has 20 heavy (non-hydrogen) atoms. The SMILES string of the molecule is O=c1[nH]c(C[NH+]2CCCCCCC2)nc2ccccc12. The smallest absolute Gasteiger partial charge is 0.258 e. The van der Waals surface area contributed by atoms with E-state index in [9.17, 15) is 4.79 Å². The van der Waals surface area contributed by atoms with Crippen LogP contribution in [-0.2, 0) is 6.54 Å². The van der Waals surface area contributed by atoms with Crippen molar-refractivity contribution in [1.29, 1.82) is 0 Å². The predicted molar refractivity (Wildman–Crippen MR) is 79.8 cm³/mol. The third kappa shape index (κ3) is 3.07. The number of para-hydroxylation sites is 1. The lowest BCUT2D eigenvalue weighted by molar-refractivity contribution is -0.915. The van der Waals surface area contributed by atoms with Crippen LogP contribution < -0.4 is 10.5 Å². The fourth-order valence-electron chi connectivity index (χ4n) is 3.04. The molecule has 106 valence electrons. The Morgan fingerprint density at radius 1 is 1.05 bits per heavy atom. The Balaban J connectivity index is 1.81. The van der Waals surface area contributed by atoms with Crippen LogP contribution in [0.15, 0.2) is 29.1 Å². The molecule has 0 aliphatic carbocycles. The Bertz CT molecular complexity index is 627. The minimum atomic E-state index is -0.0166. The number of hydrogen-bond acceptors (Lipinski definition) is 2. The standard InChI is InChI=1S/C16H21N3O/c20-16-13-8-4-5-9-14(13)17-15(18-16)12-19-10-6-2-1-3-7-11-19/h4-5,8-9H,1-3,6-7,10-12H2,(H,17,18,20)/p+1. The van der Waals surface area contributed by atoms with Crippen molar-refractivity contribution in [2.75, 3.05) is 13.1 Å². The van der Waals surface area contributed by atoms with Gasteiger partial charge in [-0.3, -0.25) is 4.79 Å². The number of aromatic nitrogens is 2. The van der Waals surface area contributed by atoms with Crippen LogP contribution in [-0.4, -0.2) is 23.1 Å². The summed E-state index contributed by atoms with van der Waals surface area (Å²) in [5, 5.41) is 0.680. The van der Waals surface area contributed by atoms with Gasteiger partial charge in [0.05, 0.1) is 24.0 Å². The van der Waals surface area contributed by atoms with Gasteiger partial charge in [0.2, 0.25) is 0 Å². The highest BCUT2D eigenvalue weighted by molar-refractivity contribution is 5.77. The Morgan fingerprint density at radius 3 is 2.55 bits per heavy atom. The van der Waals surface area contributed by atoms with Gasteiger partial charge in [0, 0.05) is 0 Å². The van der Waals surface area contributed by atoms with Crippen LogP contribution in [0.5, 0.6) is 0 Å². The fraction of sp³-hybridized carbons (Fsp3) is 0.500. The largest absolute Gasteiger partial charge is 0.329 e. The quantitative estimate of drug-likeness (QED) is 0.865. The van der Waals surface area contributed by atoms with E-state index in [4.69, 9.17) is 0 Å². The number of likely N-dealkylation sites (tertiary alicyclic amines) is 1. The molecular weight excluding hydrogens is 250 g/mol. The molecular formula is C16H22N3O+. The maximum atomic E-state index is 12.1. The second-order valence-electron chi connectivity index (χ2n) is 5.72. The van der Waals surface area contributed by atoms with E-state index in [-0.39, 0.29) is 5.56 Å². The molecule has 2 heterocycles. The molecule has 1 fully saturated rings. The molecule has 2 aromatic rings. The maximum Gasteiger partial charge on any atom is 0.258 e. The molecule has 4 heteroatoms. The molecule has 2 N–H and O–H groups in total. The molecule has 0 spiro atoms. The number of benzene rings is 1. The number of rotatable bonds is 2. The van der Waals surface area contributed by atoms with Crippen molar-refractivity contribution in [2.24, 2.45) is 0 Å². The van der Waals surface area contributed by atoms with E-state index >= 15 is 0 Å². The van der Waals surface area contributed by atoms with Crippen LogP contribution in [0.3, 0.4) is 0 Å². The lowest BCUT2D eigenvalue weighted by Gasteiger charge is -2.21. The number of H-pyrrole nitrogens is 1. The Kier molecular flexibility index (Phi) is 4.11. The van der Waals surface area contributed by atoms with Gasteiger partial charge in [-0.05, 0) is 37.8 Å². The molecule has 0 bridgehead atoms. The minimum absolute atomic E-state index is 0.0166. The minimum Gasteiger partial charge on any atom is -0.329 e. The number of fused-ring (bicyclic) bond motifs is 1. The van der Waals surface area contributed by atoms with E-state index in [1.54, 1.807) is 4.90 Å². The van der Waals surface area contributed by atoms with Crippen molar-refractivity contribution in [3.05, 3.63) is 40.4 Å². The van der Waals surface area contributed by atoms with Crippen molar-refractivity contribution < 1.29 is 4.90 Å². The Morgan fingerprint density at radius 2 is 1.75 bits per heavy atom. The van der Waals surface area contributed by atoms with Gasteiger partial charge in [-0.15, -0.1) is 0 Å². The zero-order valence-electron chi connectivity index (χ0n) is 11.8. The first kappa shape index (κ1) is 13.3. The van der Waals surface area contributed by atoms with Crippen LogP contribution in [0.1, 0.15) is 37.9 Å². The van der Waals surface area contributed by atoms with Crippen molar-refractivity contribution in [1.82, 2.24) is 9.97 Å². The highest BCUT2D eigenvalue weighted by atomic mass is 16.1. The van der Waals surface area contributed by atoms with E-state index < -0.39 is 0 Å². The van der Waals surface area contributed by atoms with Gasteiger partial charge in [0.1, 0.15) is 6.54 Å². The van der Waals surface area contributed by atoms with Gasteiger partial charge in [-0.2, -0.15) is 0 Å². The second kappa shape index (κ2) is 6.18. The molecule has 0 saturated carbocycles. The molecule has 3 rings (SSSR count). The number of nitrogens with one attached hydrogen (secondary N) is 2. The number of hydrogen-bond donors (Lipinski definition) is 2. The van der Waals surface area contributed by atoms with Gasteiger partial charge in [-0.1, -0.05) is 18.6 Å². The maximum absolute atomic E-state index is 12.1. The average Bonchev–Trinajstić information content (AvgIpc) is 2.42. The Hall–Kier alpha value is -1.68. The van der Waals surface area contributed by atoms with Crippen molar-refractivity contribution in [3.8, 4) is 0 Å². The van der Waals surface area contributed by atoms with Gasteiger partial charge in [0.25, 0.3) is 5.56 Å². The average molecular weight is 272 g/mol. The van der Waals surface area contributed by atoms with E-state index in [1.165, 1.54) is 45.2 Å². The fourth-order valence-corrected chi connectivity index (χ4v) is 3.04. The molecule has 1 saturated heterocycles. The molecule has 0 atom stereocenters. The van der Waals surface area contributed by atoms with Gasteiger partial charge in [0.15, 0.2) is 5.82 Å². The summed E-state index contributed by atoms with van der Waals surface area (Å²) >= 11 is 0. The number of nitrogens with zero attached hydrogens (tertiary/aromatic N) is 1. The number of aromatic amines is 1. The summed E-state index contributed by atoms with van der Waals surface area (Å²) in [5.74, 6) is 0.823. The second-order valence-corrected chi connectivity index (χ2v) is 5.72. The molecule has 0 amide bonds. The summed E-state index contributed by atoms with van der Waals surface area (Å²) in [6, 6.07) is 7.55. The normalized spacial score (nSPS) is 17.8. The molecule has 1 aromatic carbocycles. The molecule has 4 nitrogen and oxygen atoms in total. The summed E-state index contributed by atoms with van der Waals surface area (Å²) in [5.41, 5.74) is 0.787. The van der Waals surface area contributed by atoms with E-state index in [0.29, 0.717) is 5.39 Å². The third-order valence-corrected chi connectivity index (χ3v) is 4.14. The zero-order chi connectivity index (χ0) is 13.8. The molecule has 1 aromatic heterocycles. The monoisotopic (exact) mass is 272 g/mol. The first-order chi connectivity index (χ1) is 9.83. The molecule has 0 radical (unpaired) electrons. The third-order valence-electron chi connectivity index (χ3n) is 4.14. The van der Waals surface area contributed by atoms with Gasteiger partial charge in [-0.25, -0.2) is 4.98 Å². The lowest BCUT2D eigenvalue weighted by atomic mass is 10.1. The van der Waals surface area contributed by atoms with Gasteiger partial charge < -0.3 is 9.88 Å². The van der Waals surface area contributed by atoms with Crippen LogP contribution in [0.25, 0.3) is 10.9 Å². The summed E-state index contributed by atoms with van der Waals surface area (Å²) in [7, 11) is 0. The summed E-state index contributed by atoms with van der Waals surface area (Å²) < 4.78 is 0. The van der Waals surface area contributed by atoms with Crippen LogP contribution in [0.4, 0.5) is 0 Å².